The Morgan fingerprint density at radius 3 is 3.00 bits per heavy atom. The first-order valence-electron chi connectivity index (χ1n) is 6.82. The van der Waals surface area contributed by atoms with Gasteiger partial charge in [0.15, 0.2) is 0 Å². The molecule has 0 aromatic rings. The van der Waals surface area contributed by atoms with Crippen LogP contribution in [0.3, 0.4) is 0 Å². The minimum absolute atomic E-state index is 0.0543. The molecule has 0 saturated carbocycles. The average molecular weight is 246 g/mol. The second-order valence-corrected chi connectivity index (χ2v) is 6.25. The summed E-state index contributed by atoms with van der Waals surface area (Å²) in [6, 6.07) is 0. The van der Waals surface area contributed by atoms with E-state index in [-0.39, 0.29) is 29.7 Å². The number of hydrogen-bond donors (Lipinski definition) is 0. The molecule has 0 aromatic carbocycles. The minimum atomic E-state index is -0.226. The molecule has 4 rings (SSSR count). The highest BCUT2D eigenvalue weighted by Crippen LogP contribution is 2.60. The van der Waals surface area contributed by atoms with Crippen LogP contribution < -0.4 is 0 Å². The van der Waals surface area contributed by atoms with Gasteiger partial charge in [-0.3, -0.25) is 0 Å². The van der Waals surface area contributed by atoms with Gasteiger partial charge in [-0.25, -0.2) is 4.79 Å². The third-order valence-corrected chi connectivity index (χ3v) is 5.44. The fourth-order valence-corrected chi connectivity index (χ4v) is 4.56. The Kier molecular flexibility index (Phi) is 1.85. The third-order valence-electron chi connectivity index (χ3n) is 5.44. The Hall–Kier alpha value is -1.09. The lowest BCUT2D eigenvalue weighted by atomic mass is 9.79. The lowest BCUT2D eigenvalue weighted by Crippen LogP contribution is -2.47. The van der Waals surface area contributed by atoms with Crippen molar-refractivity contribution in [3.63, 3.8) is 0 Å². The highest BCUT2D eigenvalue weighted by atomic mass is 16.6. The summed E-state index contributed by atoms with van der Waals surface area (Å²) in [5, 5.41) is 0. The van der Waals surface area contributed by atoms with Crippen molar-refractivity contribution in [2.24, 2.45) is 11.8 Å². The second-order valence-electron chi connectivity index (χ2n) is 6.25. The SMILES string of the molecule is C=C1C(=O)O[C@@H]2C3=C(C)CC[C@@]34O[C@H](C[C@H]4C)[C@H]12. The predicted molar refractivity (Wildman–Crippen MR) is 65.8 cm³/mol. The maximum atomic E-state index is 11.8. The van der Waals surface area contributed by atoms with Gasteiger partial charge in [0, 0.05) is 11.1 Å². The van der Waals surface area contributed by atoms with Crippen molar-refractivity contribution in [3.05, 3.63) is 23.3 Å². The van der Waals surface area contributed by atoms with Crippen molar-refractivity contribution in [1.29, 1.82) is 0 Å². The van der Waals surface area contributed by atoms with Crippen molar-refractivity contribution < 1.29 is 14.3 Å². The van der Waals surface area contributed by atoms with E-state index in [9.17, 15) is 4.79 Å². The monoisotopic (exact) mass is 246 g/mol. The topological polar surface area (TPSA) is 35.5 Å². The van der Waals surface area contributed by atoms with Crippen LogP contribution in [0.15, 0.2) is 23.3 Å². The molecule has 5 atom stereocenters. The van der Waals surface area contributed by atoms with Gasteiger partial charge in [0.25, 0.3) is 0 Å². The van der Waals surface area contributed by atoms with E-state index in [1.54, 1.807) is 0 Å². The van der Waals surface area contributed by atoms with Gasteiger partial charge in [-0.2, -0.15) is 0 Å². The molecule has 3 heterocycles. The Balaban J connectivity index is 1.90. The van der Waals surface area contributed by atoms with Crippen LogP contribution in [-0.2, 0) is 14.3 Å². The van der Waals surface area contributed by atoms with E-state index in [1.807, 2.05) is 0 Å². The summed E-state index contributed by atoms with van der Waals surface area (Å²) in [6.45, 7) is 8.35. The van der Waals surface area contributed by atoms with Crippen LogP contribution in [0.1, 0.15) is 33.1 Å². The molecule has 2 bridgehead atoms. The van der Waals surface area contributed by atoms with E-state index in [4.69, 9.17) is 9.47 Å². The molecule has 3 heteroatoms. The lowest BCUT2D eigenvalue weighted by molar-refractivity contribution is -0.143. The van der Waals surface area contributed by atoms with Gasteiger partial charge in [-0.05, 0) is 32.1 Å². The van der Waals surface area contributed by atoms with Gasteiger partial charge in [0.1, 0.15) is 6.10 Å². The number of carbonyl (C=O) groups is 1. The fourth-order valence-electron chi connectivity index (χ4n) is 4.56. The van der Waals surface area contributed by atoms with Gasteiger partial charge in [0.2, 0.25) is 0 Å². The van der Waals surface area contributed by atoms with E-state index in [0.717, 1.165) is 19.3 Å². The number of fused-ring (bicyclic) bond motifs is 4. The number of allylic oxidation sites excluding steroid dienone is 1. The largest absolute Gasteiger partial charge is 0.454 e. The fraction of sp³-hybridized carbons (Fsp3) is 0.667. The minimum Gasteiger partial charge on any atom is -0.454 e. The molecule has 0 unspecified atom stereocenters. The average Bonchev–Trinajstić information content (AvgIpc) is 2.89. The van der Waals surface area contributed by atoms with Crippen molar-refractivity contribution in [2.45, 2.75) is 50.9 Å². The van der Waals surface area contributed by atoms with Crippen molar-refractivity contribution in [1.82, 2.24) is 0 Å². The number of hydrogen-bond acceptors (Lipinski definition) is 3. The standard InChI is InChI=1S/C15H18O3/c1-7-4-5-15-8(2)6-10(18-15)11-9(3)14(16)17-13(11)12(7)15/h8,10-11,13H,3-6H2,1-2H3/t8-,10-,11+,13+,15+/m1/s1. The molecule has 3 saturated heterocycles. The van der Waals surface area contributed by atoms with Gasteiger partial charge in [-0.15, -0.1) is 0 Å². The summed E-state index contributed by atoms with van der Waals surface area (Å²) in [7, 11) is 0. The molecular formula is C15H18O3. The highest BCUT2D eigenvalue weighted by molar-refractivity contribution is 5.91. The first kappa shape index (κ1) is 10.8. The molecule has 96 valence electrons. The summed E-state index contributed by atoms with van der Waals surface area (Å²) in [5.74, 6) is 0.349. The van der Waals surface area contributed by atoms with Crippen LogP contribution in [0, 0.1) is 11.8 Å². The smallest absolute Gasteiger partial charge is 0.334 e. The summed E-state index contributed by atoms with van der Waals surface area (Å²) in [4.78, 5) is 11.8. The van der Waals surface area contributed by atoms with E-state index >= 15 is 0 Å². The van der Waals surface area contributed by atoms with Gasteiger partial charge >= 0.3 is 5.97 Å². The number of esters is 1. The third kappa shape index (κ3) is 0.993. The Bertz CT molecular complexity index is 504. The zero-order valence-corrected chi connectivity index (χ0v) is 10.9. The summed E-state index contributed by atoms with van der Waals surface area (Å²) < 4.78 is 12.0. The zero-order chi connectivity index (χ0) is 12.7. The second kappa shape index (κ2) is 3.08. The maximum Gasteiger partial charge on any atom is 0.334 e. The molecule has 0 radical (unpaired) electrons. The van der Waals surface area contributed by atoms with Crippen molar-refractivity contribution >= 4 is 5.97 Å². The zero-order valence-electron chi connectivity index (χ0n) is 10.9. The maximum absolute atomic E-state index is 11.8. The number of ether oxygens (including phenoxy) is 2. The molecule has 3 aliphatic heterocycles. The Morgan fingerprint density at radius 2 is 2.22 bits per heavy atom. The van der Waals surface area contributed by atoms with E-state index < -0.39 is 0 Å². The van der Waals surface area contributed by atoms with Crippen molar-refractivity contribution in [3.8, 4) is 0 Å². The number of carbonyl (C=O) groups excluding carboxylic acids is 1. The van der Waals surface area contributed by atoms with Crippen LogP contribution >= 0.6 is 0 Å². The summed E-state index contributed by atoms with van der Waals surface area (Å²) in [6.07, 6.45) is 3.18. The predicted octanol–water partition coefficient (Wildman–Crippen LogP) is 2.37. The first-order valence-corrected chi connectivity index (χ1v) is 6.82. The van der Waals surface area contributed by atoms with Gasteiger partial charge < -0.3 is 9.47 Å². The molecule has 0 amide bonds. The number of rotatable bonds is 0. The molecule has 0 aromatic heterocycles. The van der Waals surface area contributed by atoms with Crippen LogP contribution in [0.5, 0.6) is 0 Å². The molecule has 18 heavy (non-hydrogen) atoms. The van der Waals surface area contributed by atoms with Crippen LogP contribution in [0.2, 0.25) is 0 Å². The van der Waals surface area contributed by atoms with Crippen molar-refractivity contribution in [2.75, 3.05) is 0 Å². The normalized spacial score (nSPS) is 49.4. The molecule has 1 aliphatic carbocycles. The van der Waals surface area contributed by atoms with Gasteiger partial charge in [-0.1, -0.05) is 19.1 Å². The molecule has 3 fully saturated rings. The van der Waals surface area contributed by atoms with Gasteiger partial charge in [0.05, 0.1) is 17.6 Å². The quantitative estimate of drug-likeness (QED) is 0.374. The summed E-state index contributed by atoms with van der Waals surface area (Å²) >= 11 is 0. The van der Waals surface area contributed by atoms with Crippen LogP contribution in [-0.4, -0.2) is 23.8 Å². The molecule has 0 N–H and O–H groups in total. The van der Waals surface area contributed by atoms with Crippen LogP contribution in [0.25, 0.3) is 0 Å². The molecule has 1 spiro atoms. The Morgan fingerprint density at radius 1 is 1.44 bits per heavy atom. The molecule has 3 nitrogen and oxygen atoms in total. The van der Waals surface area contributed by atoms with Crippen LogP contribution in [0.4, 0.5) is 0 Å². The lowest BCUT2D eigenvalue weighted by Gasteiger charge is -2.40. The van der Waals surface area contributed by atoms with E-state index in [1.165, 1.54) is 11.1 Å². The van der Waals surface area contributed by atoms with E-state index in [2.05, 4.69) is 20.4 Å². The Labute approximate surface area is 107 Å². The van der Waals surface area contributed by atoms with E-state index in [0.29, 0.717) is 11.5 Å². The molecule has 4 aliphatic rings. The first-order chi connectivity index (χ1) is 8.54. The molecular weight excluding hydrogens is 228 g/mol. The summed E-state index contributed by atoms with van der Waals surface area (Å²) in [5.41, 5.74) is 3.10. The highest BCUT2D eigenvalue weighted by Gasteiger charge is 2.64.